The van der Waals surface area contributed by atoms with Gasteiger partial charge in [-0.2, -0.15) is 0 Å². The lowest BCUT2D eigenvalue weighted by Crippen LogP contribution is -2.41. The van der Waals surface area contributed by atoms with Gasteiger partial charge in [-0.25, -0.2) is 0 Å². The fraction of sp³-hybridized carbons (Fsp3) is 0.786. The minimum Gasteiger partial charge on any atom is -0.342 e. The van der Waals surface area contributed by atoms with E-state index in [1.807, 2.05) is 4.90 Å². The van der Waals surface area contributed by atoms with Crippen LogP contribution in [0.4, 0.5) is 0 Å². The Hall–Kier alpha value is -1.01. The van der Waals surface area contributed by atoms with E-state index in [1.54, 1.807) is 0 Å². The Morgan fingerprint density at radius 1 is 1.35 bits per heavy atom. The second kappa shape index (κ2) is 8.14. The molecule has 0 radical (unpaired) electrons. The Morgan fingerprint density at radius 2 is 2.00 bits per heavy atom. The van der Waals surface area contributed by atoms with Crippen LogP contribution in [0.15, 0.2) is 0 Å². The Balaban J connectivity index is 2.30. The molecule has 0 aromatic carbocycles. The summed E-state index contributed by atoms with van der Waals surface area (Å²) in [5.74, 6) is 2.89. The van der Waals surface area contributed by atoms with Crippen molar-refractivity contribution in [1.29, 1.82) is 0 Å². The molecule has 0 aromatic heterocycles. The van der Waals surface area contributed by atoms with Gasteiger partial charge in [-0.3, -0.25) is 10.1 Å². The van der Waals surface area contributed by atoms with Gasteiger partial charge in [-0.1, -0.05) is 32.1 Å². The van der Waals surface area contributed by atoms with Gasteiger partial charge in [0, 0.05) is 13.1 Å². The second-order valence-corrected chi connectivity index (χ2v) is 4.68. The molecule has 1 unspecified atom stereocenters. The SMILES string of the molecule is C#CC(CCC)NCC(=O)N1CCCCCC1. The van der Waals surface area contributed by atoms with Gasteiger partial charge in [-0.05, 0) is 19.3 Å². The Labute approximate surface area is 105 Å². The predicted octanol–water partition coefficient (Wildman–Crippen LogP) is 1.78. The first kappa shape index (κ1) is 14.1. The Bertz CT molecular complexity index is 262. The lowest BCUT2D eigenvalue weighted by Gasteiger charge is -2.21. The molecule has 1 atom stereocenters. The van der Waals surface area contributed by atoms with Crippen LogP contribution in [0.5, 0.6) is 0 Å². The van der Waals surface area contributed by atoms with E-state index in [9.17, 15) is 4.79 Å². The summed E-state index contributed by atoms with van der Waals surface area (Å²) in [6, 6.07) is 0.0379. The van der Waals surface area contributed by atoms with Crippen molar-refractivity contribution in [2.75, 3.05) is 19.6 Å². The first-order valence-corrected chi connectivity index (χ1v) is 6.75. The van der Waals surface area contributed by atoms with Gasteiger partial charge >= 0.3 is 0 Å². The second-order valence-electron chi connectivity index (χ2n) is 4.68. The van der Waals surface area contributed by atoms with Gasteiger partial charge in [0.1, 0.15) is 0 Å². The van der Waals surface area contributed by atoms with Crippen molar-refractivity contribution in [2.24, 2.45) is 0 Å². The van der Waals surface area contributed by atoms with E-state index in [-0.39, 0.29) is 11.9 Å². The summed E-state index contributed by atoms with van der Waals surface area (Å²) in [4.78, 5) is 13.9. The quantitative estimate of drug-likeness (QED) is 0.738. The highest BCUT2D eigenvalue weighted by Gasteiger charge is 2.15. The monoisotopic (exact) mass is 236 g/mol. The molecule has 1 fully saturated rings. The van der Waals surface area contributed by atoms with Crippen molar-refractivity contribution in [2.45, 2.75) is 51.5 Å². The third-order valence-electron chi connectivity index (χ3n) is 3.24. The van der Waals surface area contributed by atoms with E-state index in [1.165, 1.54) is 12.8 Å². The maximum absolute atomic E-state index is 12.0. The summed E-state index contributed by atoms with van der Waals surface area (Å²) in [5, 5.41) is 3.16. The zero-order valence-electron chi connectivity index (χ0n) is 10.9. The maximum atomic E-state index is 12.0. The van der Waals surface area contributed by atoms with E-state index in [0.29, 0.717) is 6.54 Å². The topological polar surface area (TPSA) is 32.3 Å². The molecule has 0 spiro atoms. The van der Waals surface area contributed by atoms with Crippen molar-refractivity contribution in [1.82, 2.24) is 10.2 Å². The molecule has 0 bridgehead atoms. The predicted molar refractivity (Wildman–Crippen MR) is 70.6 cm³/mol. The fourth-order valence-corrected chi connectivity index (χ4v) is 2.18. The van der Waals surface area contributed by atoms with Gasteiger partial charge in [0.25, 0.3) is 0 Å². The van der Waals surface area contributed by atoms with Gasteiger partial charge in [0.05, 0.1) is 12.6 Å². The van der Waals surface area contributed by atoms with Crippen LogP contribution in [0.3, 0.4) is 0 Å². The molecule has 1 amide bonds. The minimum atomic E-state index is 0.0379. The summed E-state index contributed by atoms with van der Waals surface area (Å²) >= 11 is 0. The minimum absolute atomic E-state index is 0.0379. The number of amides is 1. The van der Waals surface area contributed by atoms with Crippen LogP contribution in [-0.2, 0) is 4.79 Å². The lowest BCUT2D eigenvalue weighted by molar-refractivity contribution is -0.130. The van der Waals surface area contributed by atoms with Gasteiger partial charge in [-0.15, -0.1) is 6.42 Å². The zero-order valence-corrected chi connectivity index (χ0v) is 10.9. The van der Waals surface area contributed by atoms with Crippen molar-refractivity contribution < 1.29 is 4.79 Å². The number of hydrogen-bond donors (Lipinski definition) is 1. The van der Waals surface area contributed by atoms with Crippen LogP contribution in [-0.4, -0.2) is 36.5 Å². The number of carbonyl (C=O) groups is 1. The summed E-state index contributed by atoms with van der Waals surface area (Å²) in [6.07, 6.45) is 12.2. The number of terminal acetylenes is 1. The number of carbonyl (C=O) groups excluding carboxylic acids is 1. The maximum Gasteiger partial charge on any atom is 0.236 e. The third-order valence-corrected chi connectivity index (χ3v) is 3.24. The van der Waals surface area contributed by atoms with Gasteiger partial charge < -0.3 is 4.90 Å². The molecule has 1 saturated heterocycles. The number of likely N-dealkylation sites (tertiary alicyclic amines) is 1. The van der Waals surface area contributed by atoms with Crippen molar-refractivity contribution in [3.8, 4) is 12.3 Å². The van der Waals surface area contributed by atoms with E-state index in [0.717, 1.165) is 38.8 Å². The van der Waals surface area contributed by atoms with Crippen LogP contribution in [0, 0.1) is 12.3 Å². The number of nitrogens with one attached hydrogen (secondary N) is 1. The number of rotatable bonds is 5. The highest BCUT2D eigenvalue weighted by Crippen LogP contribution is 2.09. The summed E-state index contributed by atoms with van der Waals surface area (Å²) < 4.78 is 0. The molecule has 1 rings (SSSR count). The van der Waals surface area contributed by atoms with E-state index >= 15 is 0 Å². The summed E-state index contributed by atoms with van der Waals surface area (Å²) in [6.45, 7) is 4.31. The smallest absolute Gasteiger partial charge is 0.236 e. The van der Waals surface area contributed by atoms with Crippen LogP contribution < -0.4 is 5.32 Å². The number of hydrogen-bond acceptors (Lipinski definition) is 2. The fourth-order valence-electron chi connectivity index (χ4n) is 2.18. The summed E-state index contributed by atoms with van der Waals surface area (Å²) in [7, 11) is 0. The molecule has 17 heavy (non-hydrogen) atoms. The van der Waals surface area contributed by atoms with Gasteiger partial charge in [0.15, 0.2) is 0 Å². The van der Waals surface area contributed by atoms with Crippen LogP contribution in [0.2, 0.25) is 0 Å². The molecule has 3 heteroatoms. The largest absolute Gasteiger partial charge is 0.342 e. The Morgan fingerprint density at radius 3 is 2.53 bits per heavy atom. The van der Waals surface area contributed by atoms with E-state index in [4.69, 9.17) is 6.42 Å². The number of nitrogens with zero attached hydrogens (tertiary/aromatic N) is 1. The average Bonchev–Trinajstić information content (AvgIpc) is 2.62. The highest BCUT2D eigenvalue weighted by atomic mass is 16.2. The molecule has 0 aliphatic carbocycles. The van der Waals surface area contributed by atoms with Crippen molar-refractivity contribution in [3.63, 3.8) is 0 Å². The summed E-state index contributed by atoms with van der Waals surface area (Å²) in [5.41, 5.74) is 0. The van der Waals surface area contributed by atoms with Crippen molar-refractivity contribution >= 4 is 5.91 Å². The molecule has 96 valence electrons. The first-order valence-electron chi connectivity index (χ1n) is 6.75. The lowest BCUT2D eigenvalue weighted by atomic mass is 10.2. The molecule has 0 saturated carbocycles. The normalized spacial score (nSPS) is 18.2. The zero-order chi connectivity index (χ0) is 12.5. The Kier molecular flexibility index (Phi) is 6.73. The van der Waals surface area contributed by atoms with E-state index in [2.05, 4.69) is 18.2 Å². The van der Waals surface area contributed by atoms with Gasteiger partial charge in [0.2, 0.25) is 5.91 Å². The van der Waals surface area contributed by atoms with Crippen LogP contribution in [0.25, 0.3) is 0 Å². The van der Waals surface area contributed by atoms with Crippen molar-refractivity contribution in [3.05, 3.63) is 0 Å². The molecular weight excluding hydrogens is 212 g/mol. The first-order chi connectivity index (χ1) is 8.27. The molecule has 1 N–H and O–H groups in total. The average molecular weight is 236 g/mol. The third kappa shape index (κ3) is 5.23. The molecule has 3 nitrogen and oxygen atoms in total. The standard InChI is InChI=1S/C14H24N2O/c1-3-9-13(4-2)15-12-14(17)16-10-7-5-6-8-11-16/h2,13,15H,3,5-12H2,1H3. The molecule has 1 aliphatic heterocycles. The molecular formula is C14H24N2O. The highest BCUT2D eigenvalue weighted by molar-refractivity contribution is 5.78. The molecule has 1 aliphatic rings. The molecule has 0 aromatic rings. The van der Waals surface area contributed by atoms with Crippen LogP contribution in [0.1, 0.15) is 45.4 Å². The van der Waals surface area contributed by atoms with Crippen LogP contribution >= 0.6 is 0 Å². The molecule has 1 heterocycles. The van der Waals surface area contributed by atoms with E-state index < -0.39 is 0 Å².